The molecule has 2 N–H and O–H groups in total. The maximum Gasteiger partial charge on any atom is 0.222 e. The topological polar surface area (TPSA) is 54.0 Å². The minimum Gasteiger partial charge on any atom is -0.380 e. The Morgan fingerprint density at radius 2 is 2.05 bits per heavy atom. The van der Waals surface area contributed by atoms with Gasteiger partial charge in [0.25, 0.3) is 0 Å². The van der Waals surface area contributed by atoms with Gasteiger partial charge in [-0.15, -0.1) is 0 Å². The maximum absolute atomic E-state index is 13.4. The Kier molecular flexibility index (Phi) is 4.07. The molecule has 1 amide bonds. The van der Waals surface area contributed by atoms with Gasteiger partial charge < -0.3 is 10.6 Å². The fraction of sp³-hybridized carbons (Fsp3) is 0.143. The van der Waals surface area contributed by atoms with Gasteiger partial charge in [0, 0.05) is 19.0 Å². The minimum absolute atomic E-state index is 0.167. The first-order valence-corrected chi connectivity index (χ1v) is 5.86. The van der Waals surface area contributed by atoms with Crippen LogP contribution in [0.15, 0.2) is 42.6 Å². The van der Waals surface area contributed by atoms with Crippen molar-refractivity contribution in [2.45, 2.75) is 13.5 Å². The van der Waals surface area contributed by atoms with E-state index in [2.05, 4.69) is 15.6 Å². The molecule has 0 saturated carbocycles. The zero-order valence-corrected chi connectivity index (χ0v) is 10.5. The van der Waals surface area contributed by atoms with E-state index in [1.807, 2.05) is 0 Å². The number of hydrogen-bond donors (Lipinski definition) is 2. The molecule has 0 saturated heterocycles. The van der Waals surface area contributed by atoms with Crippen LogP contribution in [0.25, 0.3) is 0 Å². The highest BCUT2D eigenvalue weighted by Crippen LogP contribution is 2.12. The van der Waals surface area contributed by atoms with Gasteiger partial charge in [0.05, 0.1) is 11.9 Å². The Morgan fingerprint density at radius 1 is 1.26 bits per heavy atom. The largest absolute Gasteiger partial charge is 0.380 e. The summed E-state index contributed by atoms with van der Waals surface area (Å²) in [5.41, 5.74) is 1.35. The first kappa shape index (κ1) is 13.0. The van der Waals surface area contributed by atoms with Gasteiger partial charge in [-0.2, -0.15) is 0 Å². The monoisotopic (exact) mass is 259 g/mol. The number of amides is 1. The van der Waals surface area contributed by atoms with E-state index in [1.54, 1.807) is 36.5 Å². The highest BCUT2D eigenvalue weighted by Gasteiger charge is 2.01. The van der Waals surface area contributed by atoms with E-state index in [0.717, 1.165) is 5.69 Å². The number of pyridine rings is 1. The molecule has 0 aliphatic rings. The van der Waals surface area contributed by atoms with Gasteiger partial charge in [-0.1, -0.05) is 18.2 Å². The van der Waals surface area contributed by atoms with Crippen LogP contribution in [-0.4, -0.2) is 10.9 Å². The normalized spacial score (nSPS) is 10.0. The molecule has 1 heterocycles. The fourth-order valence-electron chi connectivity index (χ4n) is 1.59. The van der Waals surface area contributed by atoms with Crippen LogP contribution in [0, 0.1) is 5.82 Å². The lowest BCUT2D eigenvalue weighted by atomic mass is 10.2. The van der Waals surface area contributed by atoms with E-state index in [9.17, 15) is 9.18 Å². The quantitative estimate of drug-likeness (QED) is 0.887. The van der Waals surface area contributed by atoms with E-state index in [0.29, 0.717) is 17.9 Å². The number of nitrogens with one attached hydrogen (secondary N) is 2. The number of nitrogens with zero attached hydrogens (tertiary/aromatic N) is 1. The van der Waals surface area contributed by atoms with Crippen molar-refractivity contribution in [3.05, 3.63) is 54.0 Å². The third-order valence-corrected chi connectivity index (χ3v) is 2.51. The van der Waals surface area contributed by atoms with E-state index in [1.165, 1.54) is 13.0 Å². The summed E-state index contributed by atoms with van der Waals surface area (Å²) in [5.74, 6) is 0.0846. The molecule has 98 valence electrons. The summed E-state index contributed by atoms with van der Waals surface area (Å²) in [6.07, 6.45) is 1.59. The summed E-state index contributed by atoms with van der Waals surface area (Å²) in [7, 11) is 0. The van der Waals surface area contributed by atoms with Gasteiger partial charge in [-0.05, 0) is 18.2 Å². The average molecular weight is 259 g/mol. The average Bonchev–Trinajstić information content (AvgIpc) is 2.39. The van der Waals surface area contributed by atoms with Crippen LogP contribution < -0.4 is 10.6 Å². The van der Waals surface area contributed by atoms with Crippen molar-refractivity contribution < 1.29 is 9.18 Å². The zero-order chi connectivity index (χ0) is 13.7. The van der Waals surface area contributed by atoms with Gasteiger partial charge in [0.15, 0.2) is 0 Å². The zero-order valence-electron chi connectivity index (χ0n) is 10.5. The van der Waals surface area contributed by atoms with Crippen molar-refractivity contribution >= 4 is 17.4 Å². The third-order valence-electron chi connectivity index (χ3n) is 2.51. The molecular formula is C14H14FN3O. The molecule has 2 aromatic rings. The molecule has 0 fully saturated rings. The molecular weight excluding hydrogens is 245 g/mol. The molecule has 2 rings (SSSR count). The van der Waals surface area contributed by atoms with E-state index >= 15 is 0 Å². The number of anilines is 2. The number of benzene rings is 1. The number of halogens is 1. The Hall–Kier alpha value is -2.43. The molecule has 5 heteroatoms. The first-order chi connectivity index (χ1) is 9.15. The van der Waals surface area contributed by atoms with Crippen LogP contribution in [-0.2, 0) is 11.3 Å². The van der Waals surface area contributed by atoms with E-state index in [-0.39, 0.29) is 11.7 Å². The predicted molar refractivity (Wildman–Crippen MR) is 72.3 cm³/mol. The molecule has 0 aliphatic carbocycles. The number of carbonyl (C=O) groups excluding carboxylic acids is 1. The SMILES string of the molecule is CC(=O)Nc1ccc(NCc2ccccc2F)cn1. The smallest absolute Gasteiger partial charge is 0.222 e. The molecule has 1 aromatic carbocycles. The lowest BCUT2D eigenvalue weighted by Gasteiger charge is -2.08. The van der Waals surface area contributed by atoms with Gasteiger partial charge in [0.2, 0.25) is 5.91 Å². The van der Waals surface area contributed by atoms with Gasteiger partial charge >= 0.3 is 0 Å². The van der Waals surface area contributed by atoms with E-state index in [4.69, 9.17) is 0 Å². The summed E-state index contributed by atoms with van der Waals surface area (Å²) in [5, 5.41) is 5.64. The van der Waals surface area contributed by atoms with Crippen molar-refractivity contribution in [1.82, 2.24) is 4.98 Å². The first-order valence-electron chi connectivity index (χ1n) is 5.86. The maximum atomic E-state index is 13.4. The molecule has 19 heavy (non-hydrogen) atoms. The van der Waals surface area contributed by atoms with Crippen molar-refractivity contribution in [2.75, 3.05) is 10.6 Å². The summed E-state index contributed by atoms with van der Waals surface area (Å²) in [4.78, 5) is 14.9. The van der Waals surface area contributed by atoms with Crippen LogP contribution in [0.5, 0.6) is 0 Å². The Bertz CT molecular complexity index is 569. The number of hydrogen-bond acceptors (Lipinski definition) is 3. The van der Waals surface area contributed by atoms with Crippen LogP contribution >= 0.6 is 0 Å². The summed E-state index contributed by atoms with van der Waals surface area (Å²) >= 11 is 0. The Labute approximate surface area is 110 Å². The van der Waals surface area contributed by atoms with Gasteiger partial charge in [-0.25, -0.2) is 9.37 Å². The predicted octanol–water partition coefficient (Wildman–Crippen LogP) is 2.79. The van der Waals surface area contributed by atoms with Crippen molar-refractivity contribution in [2.24, 2.45) is 0 Å². The highest BCUT2D eigenvalue weighted by atomic mass is 19.1. The lowest BCUT2D eigenvalue weighted by molar-refractivity contribution is -0.114. The van der Waals surface area contributed by atoms with Gasteiger partial charge in [0.1, 0.15) is 11.6 Å². The summed E-state index contributed by atoms with van der Waals surface area (Å²) < 4.78 is 13.4. The molecule has 0 unspecified atom stereocenters. The van der Waals surface area contributed by atoms with Crippen molar-refractivity contribution in [3.63, 3.8) is 0 Å². The molecule has 0 bridgehead atoms. The molecule has 0 spiro atoms. The molecule has 1 aromatic heterocycles. The second kappa shape index (κ2) is 5.95. The van der Waals surface area contributed by atoms with Gasteiger partial charge in [-0.3, -0.25) is 4.79 Å². The van der Waals surface area contributed by atoms with Crippen molar-refractivity contribution in [3.8, 4) is 0 Å². The summed E-state index contributed by atoms with van der Waals surface area (Å²) in [6, 6.07) is 10.1. The molecule has 4 nitrogen and oxygen atoms in total. The van der Waals surface area contributed by atoms with Crippen LogP contribution in [0.3, 0.4) is 0 Å². The van der Waals surface area contributed by atoms with Crippen molar-refractivity contribution in [1.29, 1.82) is 0 Å². The number of aromatic nitrogens is 1. The third kappa shape index (κ3) is 3.77. The molecule has 0 atom stereocenters. The summed E-state index contributed by atoms with van der Waals surface area (Å²) in [6.45, 7) is 1.81. The molecule has 0 radical (unpaired) electrons. The number of carbonyl (C=O) groups is 1. The fourth-order valence-corrected chi connectivity index (χ4v) is 1.59. The highest BCUT2D eigenvalue weighted by molar-refractivity contribution is 5.87. The van der Waals surface area contributed by atoms with Crippen LogP contribution in [0.4, 0.5) is 15.9 Å². The second-order valence-electron chi connectivity index (χ2n) is 4.06. The van der Waals surface area contributed by atoms with Crippen LogP contribution in [0.1, 0.15) is 12.5 Å². The van der Waals surface area contributed by atoms with Crippen LogP contribution in [0.2, 0.25) is 0 Å². The molecule has 0 aliphatic heterocycles. The lowest BCUT2D eigenvalue weighted by Crippen LogP contribution is -2.07. The second-order valence-corrected chi connectivity index (χ2v) is 4.06. The Morgan fingerprint density at radius 3 is 2.68 bits per heavy atom. The standard InChI is InChI=1S/C14H14FN3O/c1-10(19)18-14-7-6-12(9-17-14)16-8-11-4-2-3-5-13(11)15/h2-7,9,16H,8H2,1H3,(H,17,18,19). The van der Waals surface area contributed by atoms with E-state index < -0.39 is 0 Å². The Balaban J connectivity index is 1.97. The number of rotatable bonds is 4. The minimum atomic E-state index is -0.238.